The molecule has 1 N–H and O–H groups in total. The van der Waals surface area contributed by atoms with Gasteiger partial charge in [-0.05, 0) is 37.2 Å². The second-order valence-electron chi connectivity index (χ2n) is 8.98. The Morgan fingerprint density at radius 1 is 0.517 bits per heavy atom. The first-order valence-corrected chi connectivity index (χ1v) is 12.2. The third-order valence-corrected chi connectivity index (χ3v) is 6.72. The van der Waals surface area contributed by atoms with E-state index in [0.717, 1.165) is 6.04 Å². The molecule has 2 unspecified atom stereocenters. The summed E-state index contributed by atoms with van der Waals surface area (Å²) in [5, 5.41) is 4.15. The monoisotopic (exact) mass is 391 g/mol. The Balaban J connectivity index is 1.65. The summed E-state index contributed by atoms with van der Waals surface area (Å²) < 4.78 is 0. The van der Waals surface area contributed by atoms with Gasteiger partial charge in [0.15, 0.2) is 0 Å². The number of rotatable bonds is 3. The molecule has 3 aliphatic carbocycles. The molecule has 0 bridgehead atoms. The van der Waals surface area contributed by atoms with Crippen LogP contribution in [0.4, 0.5) is 0 Å². The minimum Gasteiger partial charge on any atom is -0.311 e. The van der Waals surface area contributed by atoms with Gasteiger partial charge >= 0.3 is 0 Å². The van der Waals surface area contributed by atoms with Crippen LogP contribution in [0.1, 0.15) is 83.5 Å². The highest BCUT2D eigenvalue weighted by Crippen LogP contribution is 2.33. The Kier molecular flexibility index (Phi) is 10.4. The van der Waals surface area contributed by atoms with Crippen LogP contribution in [0, 0.1) is 5.92 Å². The zero-order chi connectivity index (χ0) is 20.0. The Morgan fingerprint density at radius 3 is 1.72 bits per heavy atom. The van der Waals surface area contributed by atoms with Crippen molar-refractivity contribution in [3.05, 3.63) is 72.4 Å². The van der Waals surface area contributed by atoms with E-state index in [2.05, 4.69) is 72.2 Å². The molecule has 3 rings (SSSR count). The van der Waals surface area contributed by atoms with Crippen molar-refractivity contribution in [3.63, 3.8) is 0 Å². The van der Waals surface area contributed by atoms with Crippen molar-refractivity contribution in [2.24, 2.45) is 5.92 Å². The molecule has 1 heteroatoms. The molecule has 0 spiro atoms. The summed E-state index contributed by atoms with van der Waals surface area (Å²) in [4.78, 5) is 0. The highest BCUT2D eigenvalue weighted by atomic mass is 15.0. The lowest BCUT2D eigenvalue weighted by atomic mass is 9.91. The number of hydrogen-bond acceptors (Lipinski definition) is 1. The van der Waals surface area contributed by atoms with Crippen molar-refractivity contribution in [1.29, 1.82) is 0 Å². The van der Waals surface area contributed by atoms with Crippen molar-refractivity contribution in [2.75, 3.05) is 0 Å². The topological polar surface area (TPSA) is 12.0 Å². The molecule has 3 aliphatic rings. The van der Waals surface area contributed by atoms with Gasteiger partial charge in [0.1, 0.15) is 0 Å². The largest absolute Gasteiger partial charge is 0.311 e. The van der Waals surface area contributed by atoms with E-state index in [9.17, 15) is 0 Å². The third kappa shape index (κ3) is 8.34. The quantitative estimate of drug-likeness (QED) is 0.518. The zero-order valence-corrected chi connectivity index (χ0v) is 18.3. The van der Waals surface area contributed by atoms with E-state index in [1.807, 2.05) is 0 Å². The fourth-order valence-corrected chi connectivity index (χ4v) is 5.10. The maximum absolute atomic E-state index is 4.15. The van der Waals surface area contributed by atoms with Crippen LogP contribution in [0.3, 0.4) is 0 Å². The molecule has 0 saturated heterocycles. The van der Waals surface area contributed by atoms with Crippen LogP contribution in [0.25, 0.3) is 0 Å². The van der Waals surface area contributed by atoms with Gasteiger partial charge in [-0.25, -0.2) is 0 Å². The highest BCUT2D eigenvalue weighted by molar-refractivity contribution is 5.33. The lowest BCUT2D eigenvalue weighted by molar-refractivity contribution is 0.343. The standard InChI is InChI=1S/C28H41N/c1-2-6-10-14-19-25(20-15-11-7-3-1)27-23-18-24-28(27)29-26-21-16-12-8-4-5-9-13-17-22-26/h1-3,6-7,10-11,14-15,19-20,26-29H,4-5,8-9,12-13,16-18,21-24H2/b2-1?,3-1?,6-2?,7-3?,10-6+,11-7?,14-10?,15-11-,19-14-,20-15?,25-19?,25-20+. The van der Waals surface area contributed by atoms with Crippen molar-refractivity contribution in [2.45, 2.75) is 95.6 Å². The van der Waals surface area contributed by atoms with Crippen LogP contribution in [0.15, 0.2) is 72.4 Å². The van der Waals surface area contributed by atoms with Gasteiger partial charge in [0.05, 0.1) is 0 Å². The lowest BCUT2D eigenvalue weighted by Gasteiger charge is -2.28. The van der Waals surface area contributed by atoms with Crippen molar-refractivity contribution in [1.82, 2.24) is 5.32 Å². The van der Waals surface area contributed by atoms with Crippen molar-refractivity contribution in [3.8, 4) is 0 Å². The summed E-state index contributed by atoms with van der Waals surface area (Å²) in [6.07, 6.45) is 42.0. The predicted octanol–water partition coefficient (Wildman–Crippen LogP) is 7.75. The lowest BCUT2D eigenvalue weighted by Crippen LogP contribution is -2.41. The third-order valence-electron chi connectivity index (χ3n) is 6.72. The molecule has 2 fully saturated rings. The Labute approximate surface area is 179 Å². The van der Waals surface area contributed by atoms with E-state index in [1.54, 1.807) is 0 Å². The Hall–Kier alpha value is -1.60. The molecule has 0 aromatic rings. The Bertz CT molecular complexity index is 619. The van der Waals surface area contributed by atoms with Gasteiger partial charge in [-0.3, -0.25) is 0 Å². The molecule has 158 valence electrons. The maximum atomic E-state index is 4.15. The summed E-state index contributed by atoms with van der Waals surface area (Å²) in [5.41, 5.74) is 1.48. The molecule has 0 amide bonds. The fraction of sp³-hybridized carbons (Fsp3) is 0.571. The summed E-state index contributed by atoms with van der Waals surface area (Å²) in [6.45, 7) is 0. The van der Waals surface area contributed by atoms with E-state index in [0.29, 0.717) is 12.0 Å². The van der Waals surface area contributed by atoms with E-state index >= 15 is 0 Å². The predicted molar refractivity (Wildman–Crippen MR) is 128 cm³/mol. The molecule has 2 saturated carbocycles. The van der Waals surface area contributed by atoms with Gasteiger partial charge in [0.2, 0.25) is 0 Å². The zero-order valence-electron chi connectivity index (χ0n) is 18.3. The van der Waals surface area contributed by atoms with Crippen molar-refractivity contribution < 1.29 is 0 Å². The van der Waals surface area contributed by atoms with Crippen LogP contribution in [-0.2, 0) is 0 Å². The van der Waals surface area contributed by atoms with Gasteiger partial charge in [0.25, 0.3) is 0 Å². The molecule has 0 aromatic heterocycles. The molecule has 0 heterocycles. The van der Waals surface area contributed by atoms with Crippen molar-refractivity contribution >= 4 is 0 Å². The first-order chi connectivity index (χ1) is 14.4. The first-order valence-electron chi connectivity index (χ1n) is 12.2. The molecule has 1 nitrogen and oxygen atoms in total. The molecule has 0 aromatic carbocycles. The smallest absolute Gasteiger partial charge is 0.0138 e. The van der Waals surface area contributed by atoms with Gasteiger partial charge in [-0.15, -0.1) is 0 Å². The Morgan fingerprint density at radius 2 is 1.07 bits per heavy atom. The van der Waals surface area contributed by atoms with Gasteiger partial charge in [-0.1, -0.05) is 125 Å². The fourth-order valence-electron chi connectivity index (χ4n) is 5.10. The van der Waals surface area contributed by atoms with Gasteiger partial charge in [0, 0.05) is 12.1 Å². The van der Waals surface area contributed by atoms with Crippen LogP contribution < -0.4 is 5.32 Å². The minimum absolute atomic E-state index is 0.641. The second-order valence-corrected chi connectivity index (χ2v) is 8.98. The summed E-state index contributed by atoms with van der Waals surface area (Å²) in [5.74, 6) is 0.643. The number of hydrogen-bond donors (Lipinski definition) is 1. The van der Waals surface area contributed by atoms with E-state index in [4.69, 9.17) is 0 Å². The van der Waals surface area contributed by atoms with E-state index < -0.39 is 0 Å². The van der Waals surface area contributed by atoms with Crippen LogP contribution in [0.5, 0.6) is 0 Å². The normalized spacial score (nSPS) is 32.9. The van der Waals surface area contributed by atoms with E-state index in [-0.39, 0.29) is 0 Å². The SMILES string of the molecule is C1=C\C=C/C=C(C2CCCC2NC2CCCCCCCCCC2)\C=C/C=C/C=C1. The average Bonchev–Trinajstić information content (AvgIpc) is 3.14. The molecular weight excluding hydrogens is 350 g/mol. The summed E-state index contributed by atoms with van der Waals surface area (Å²) in [7, 11) is 0. The summed E-state index contributed by atoms with van der Waals surface area (Å²) in [6, 6.07) is 1.36. The number of allylic oxidation sites excluding steroid dienone is 11. The van der Waals surface area contributed by atoms with Crippen LogP contribution in [0.2, 0.25) is 0 Å². The number of nitrogens with one attached hydrogen (secondary N) is 1. The second kappa shape index (κ2) is 13.6. The van der Waals surface area contributed by atoms with E-state index in [1.165, 1.54) is 89.0 Å². The molecule has 0 radical (unpaired) electrons. The van der Waals surface area contributed by atoms with Crippen LogP contribution in [-0.4, -0.2) is 12.1 Å². The highest BCUT2D eigenvalue weighted by Gasteiger charge is 2.30. The molecule has 2 atom stereocenters. The molecular formula is C28H41N. The summed E-state index contributed by atoms with van der Waals surface area (Å²) >= 11 is 0. The molecule has 0 aliphatic heterocycles. The molecule has 29 heavy (non-hydrogen) atoms. The van der Waals surface area contributed by atoms with Gasteiger partial charge < -0.3 is 5.32 Å². The first kappa shape index (κ1) is 22.1. The maximum Gasteiger partial charge on any atom is 0.0138 e. The average molecular weight is 392 g/mol. The van der Waals surface area contributed by atoms with Crippen LogP contribution >= 0.6 is 0 Å². The van der Waals surface area contributed by atoms with Gasteiger partial charge in [-0.2, -0.15) is 0 Å². The minimum atomic E-state index is 0.641.